The summed E-state index contributed by atoms with van der Waals surface area (Å²) in [5.74, 6) is 0.371. The van der Waals surface area contributed by atoms with E-state index >= 15 is 0 Å². The Labute approximate surface area is 83.3 Å². The molecule has 3 rings (SSSR count). The van der Waals surface area contributed by atoms with Crippen molar-refractivity contribution >= 4 is 0 Å². The molecule has 1 aromatic carbocycles. The average Bonchev–Trinajstić information content (AvgIpc) is 2.82. The third kappa shape index (κ3) is 1.10. The number of hydrogen-bond donors (Lipinski definition) is 1. The van der Waals surface area contributed by atoms with Gasteiger partial charge in [-0.2, -0.15) is 0 Å². The van der Waals surface area contributed by atoms with E-state index in [9.17, 15) is 4.39 Å². The molecule has 2 aliphatic rings. The summed E-state index contributed by atoms with van der Waals surface area (Å²) in [4.78, 5) is 0. The molecule has 74 valence electrons. The Morgan fingerprint density at radius 3 is 2.79 bits per heavy atom. The minimum Gasteiger partial charge on any atom is -0.311 e. The highest BCUT2D eigenvalue weighted by Crippen LogP contribution is 2.52. The second kappa shape index (κ2) is 2.80. The van der Waals surface area contributed by atoms with Crippen LogP contribution in [0.1, 0.15) is 30.7 Å². The Balaban J connectivity index is 1.99. The van der Waals surface area contributed by atoms with Crippen LogP contribution in [0.3, 0.4) is 0 Å². The van der Waals surface area contributed by atoms with Gasteiger partial charge in [-0.15, -0.1) is 0 Å². The van der Waals surface area contributed by atoms with Gasteiger partial charge in [-0.1, -0.05) is 18.2 Å². The molecule has 1 spiro atoms. The molecule has 2 heteroatoms. The molecule has 1 saturated carbocycles. The van der Waals surface area contributed by atoms with E-state index in [0.29, 0.717) is 5.92 Å². The lowest BCUT2D eigenvalue weighted by Gasteiger charge is -2.19. The molecule has 1 atom stereocenters. The van der Waals surface area contributed by atoms with Crippen molar-refractivity contribution in [2.45, 2.75) is 30.7 Å². The van der Waals surface area contributed by atoms with Crippen molar-refractivity contribution in [2.24, 2.45) is 0 Å². The van der Waals surface area contributed by atoms with E-state index in [-0.39, 0.29) is 11.4 Å². The Kier molecular flexibility index (Phi) is 1.68. The van der Waals surface area contributed by atoms with Gasteiger partial charge in [0.25, 0.3) is 0 Å². The topological polar surface area (TPSA) is 12.0 Å². The SMILES string of the molecule is Fc1ccccc1C1CCNC12CC2. The zero-order valence-electron chi connectivity index (χ0n) is 8.09. The average molecular weight is 191 g/mol. The third-order valence-corrected chi connectivity index (χ3v) is 3.65. The molecule has 1 heterocycles. The van der Waals surface area contributed by atoms with Gasteiger partial charge in [-0.3, -0.25) is 0 Å². The van der Waals surface area contributed by atoms with Gasteiger partial charge in [0.05, 0.1) is 0 Å². The molecule has 2 fully saturated rings. The quantitative estimate of drug-likeness (QED) is 0.719. The monoisotopic (exact) mass is 191 g/mol. The fraction of sp³-hybridized carbons (Fsp3) is 0.500. The van der Waals surface area contributed by atoms with Crippen molar-refractivity contribution in [3.05, 3.63) is 35.6 Å². The molecular weight excluding hydrogens is 177 g/mol. The molecule has 1 nitrogen and oxygen atoms in total. The van der Waals surface area contributed by atoms with Gasteiger partial charge in [0.2, 0.25) is 0 Å². The van der Waals surface area contributed by atoms with Crippen molar-refractivity contribution in [3.63, 3.8) is 0 Å². The lowest BCUT2D eigenvalue weighted by atomic mass is 9.90. The number of halogens is 1. The Morgan fingerprint density at radius 1 is 1.29 bits per heavy atom. The maximum absolute atomic E-state index is 13.6. The molecular formula is C12H14FN. The van der Waals surface area contributed by atoms with E-state index in [1.807, 2.05) is 12.1 Å². The first kappa shape index (κ1) is 8.42. The molecule has 0 radical (unpaired) electrons. The fourth-order valence-electron chi connectivity index (χ4n) is 2.74. The molecule has 0 amide bonds. The normalized spacial score (nSPS) is 28.2. The van der Waals surface area contributed by atoms with Crippen molar-refractivity contribution < 1.29 is 4.39 Å². The van der Waals surface area contributed by atoms with E-state index in [2.05, 4.69) is 5.32 Å². The number of hydrogen-bond acceptors (Lipinski definition) is 1. The second-order valence-corrected chi connectivity index (χ2v) is 4.45. The zero-order chi connectivity index (χ0) is 9.60. The largest absolute Gasteiger partial charge is 0.311 e. The first-order valence-electron chi connectivity index (χ1n) is 5.31. The summed E-state index contributed by atoms with van der Waals surface area (Å²) in [5, 5.41) is 3.52. The molecule has 1 unspecified atom stereocenters. The van der Waals surface area contributed by atoms with Crippen LogP contribution in [0.15, 0.2) is 24.3 Å². The van der Waals surface area contributed by atoms with Crippen LogP contribution in [0.5, 0.6) is 0 Å². The zero-order valence-corrected chi connectivity index (χ0v) is 8.09. The van der Waals surface area contributed by atoms with Gasteiger partial charge in [0.1, 0.15) is 5.82 Å². The maximum Gasteiger partial charge on any atom is 0.126 e. The summed E-state index contributed by atoms with van der Waals surface area (Å²) in [5.41, 5.74) is 1.18. The summed E-state index contributed by atoms with van der Waals surface area (Å²) < 4.78 is 13.6. The summed E-state index contributed by atoms with van der Waals surface area (Å²) >= 11 is 0. The Bertz CT molecular complexity index is 357. The predicted octanol–water partition coefficient (Wildman–Crippen LogP) is 2.44. The summed E-state index contributed by atoms with van der Waals surface area (Å²) in [7, 11) is 0. The highest BCUT2D eigenvalue weighted by molar-refractivity contribution is 5.31. The van der Waals surface area contributed by atoms with Crippen LogP contribution in [-0.4, -0.2) is 12.1 Å². The van der Waals surface area contributed by atoms with Crippen LogP contribution >= 0.6 is 0 Å². The van der Waals surface area contributed by atoms with E-state index in [4.69, 9.17) is 0 Å². The van der Waals surface area contributed by atoms with E-state index in [0.717, 1.165) is 18.5 Å². The van der Waals surface area contributed by atoms with Crippen LogP contribution in [0.4, 0.5) is 4.39 Å². The molecule has 0 aromatic heterocycles. The highest BCUT2D eigenvalue weighted by atomic mass is 19.1. The summed E-state index contributed by atoms with van der Waals surface area (Å²) in [6.45, 7) is 1.04. The van der Waals surface area contributed by atoms with Gasteiger partial charge in [0.15, 0.2) is 0 Å². The fourth-order valence-corrected chi connectivity index (χ4v) is 2.74. The second-order valence-electron chi connectivity index (χ2n) is 4.45. The first-order valence-corrected chi connectivity index (χ1v) is 5.31. The van der Waals surface area contributed by atoms with Crippen molar-refractivity contribution in [1.82, 2.24) is 5.32 Å². The van der Waals surface area contributed by atoms with Crippen molar-refractivity contribution in [3.8, 4) is 0 Å². The van der Waals surface area contributed by atoms with Crippen LogP contribution in [0, 0.1) is 5.82 Å². The number of benzene rings is 1. The van der Waals surface area contributed by atoms with Crippen LogP contribution in [-0.2, 0) is 0 Å². The van der Waals surface area contributed by atoms with Gasteiger partial charge < -0.3 is 5.32 Å². The lowest BCUT2D eigenvalue weighted by molar-refractivity contribution is 0.505. The number of rotatable bonds is 1. The highest BCUT2D eigenvalue weighted by Gasteiger charge is 2.52. The summed E-state index contributed by atoms with van der Waals surface area (Å²) in [6.07, 6.45) is 3.51. The molecule has 1 N–H and O–H groups in total. The van der Waals surface area contributed by atoms with E-state index < -0.39 is 0 Å². The van der Waals surface area contributed by atoms with Crippen molar-refractivity contribution in [2.75, 3.05) is 6.54 Å². The van der Waals surface area contributed by atoms with Crippen LogP contribution in [0.25, 0.3) is 0 Å². The third-order valence-electron chi connectivity index (χ3n) is 3.65. The van der Waals surface area contributed by atoms with Gasteiger partial charge in [-0.25, -0.2) is 4.39 Å². The lowest BCUT2D eigenvalue weighted by Crippen LogP contribution is -2.28. The Hall–Kier alpha value is -0.890. The van der Waals surface area contributed by atoms with Gasteiger partial charge in [0, 0.05) is 11.5 Å². The molecule has 1 saturated heterocycles. The van der Waals surface area contributed by atoms with Crippen LogP contribution < -0.4 is 5.32 Å². The summed E-state index contributed by atoms with van der Waals surface area (Å²) in [6, 6.07) is 7.21. The maximum atomic E-state index is 13.6. The smallest absolute Gasteiger partial charge is 0.126 e. The first-order chi connectivity index (χ1) is 6.82. The predicted molar refractivity (Wildman–Crippen MR) is 53.7 cm³/mol. The standard InChI is InChI=1S/C12H14FN/c13-11-4-2-1-3-9(11)10-5-8-14-12(10)6-7-12/h1-4,10,14H,5-8H2. The number of nitrogens with one attached hydrogen (secondary N) is 1. The van der Waals surface area contributed by atoms with Crippen molar-refractivity contribution in [1.29, 1.82) is 0 Å². The Morgan fingerprint density at radius 2 is 2.07 bits per heavy atom. The van der Waals surface area contributed by atoms with Gasteiger partial charge in [-0.05, 0) is 37.4 Å². The molecule has 0 bridgehead atoms. The van der Waals surface area contributed by atoms with Gasteiger partial charge >= 0.3 is 0 Å². The molecule has 14 heavy (non-hydrogen) atoms. The van der Waals surface area contributed by atoms with E-state index in [1.54, 1.807) is 12.1 Å². The minimum atomic E-state index is -0.0347. The van der Waals surface area contributed by atoms with Crippen LogP contribution in [0.2, 0.25) is 0 Å². The van der Waals surface area contributed by atoms with E-state index in [1.165, 1.54) is 12.8 Å². The minimum absolute atomic E-state index is 0.0347. The molecule has 1 aliphatic carbocycles. The molecule has 1 aromatic rings. The molecule has 1 aliphatic heterocycles.